The van der Waals surface area contributed by atoms with Crippen molar-refractivity contribution in [1.82, 2.24) is 20.2 Å². The second-order valence-corrected chi connectivity index (χ2v) is 14.4. The second kappa shape index (κ2) is 12.2. The molecule has 3 aromatic carbocycles. The maximum atomic E-state index is 13.8. The average Bonchev–Trinajstić information content (AvgIpc) is 3.64. The summed E-state index contributed by atoms with van der Waals surface area (Å²) < 4.78 is 17.1. The number of imidazole rings is 1. The number of amides is 2. The molecule has 2 amide bonds. The Balaban J connectivity index is 1.30. The fraction of sp³-hybridized carbons (Fsp3) is 0.472. The zero-order valence-electron chi connectivity index (χ0n) is 28.4. The molecule has 0 aliphatic carbocycles. The van der Waals surface area contributed by atoms with Gasteiger partial charge in [-0.1, -0.05) is 50.5 Å². The normalized spacial score (nSPS) is 18.6. The maximum Gasteiger partial charge on any atom is 0.407 e. The molecule has 0 unspecified atom stereocenters. The van der Waals surface area contributed by atoms with Gasteiger partial charge in [0.25, 0.3) is 0 Å². The maximum absolute atomic E-state index is 13.8. The van der Waals surface area contributed by atoms with E-state index in [1.165, 1.54) is 7.11 Å². The molecule has 0 spiro atoms. The van der Waals surface area contributed by atoms with Crippen LogP contribution < -0.4 is 15.5 Å². The molecular weight excluding hydrogens is 595 g/mol. The van der Waals surface area contributed by atoms with Crippen LogP contribution in [0.5, 0.6) is 5.75 Å². The number of nitrogens with zero attached hydrogens (tertiary/aromatic N) is 2. The minimum atomic E-state index is -1.01. The number of hydrogen-bond donors (Lipinski definition) is 3. The number of carbonyl (C=O) groups excluding carboxylic acids is 2. The van der Waals surface area contributed by atoms with Gasteiger partial charge in [0.05, 0.1) is 35.4 Å². The van der Waals surface area contributed by atoms with Crippen molar-refractivity contribution >= 4 is 46.8 Å². The molecule has 6 rings (SSSR count). The smallest absolute Gasteiger partial charge is 0.407 e. The second-order valence-electron chi connectivity index (χ2n) is 14.4. The van der Waals surface area contributed by atoms with Gasteiger partial charge in [-0.05, 0) is 80.7 Å². The van der Waals surface area contributed by atoms with Crippen LogP contribution in [0, 0.1) is 11.8 Å². The van der Waals surface area contributed by atoms with Gasteiger partial charge in [0.15, 0.2) is 0 Å². The topological polar surface area (TPSA) is 126 Å². The van der Waals surface area contributed by atoms with E-state index in [9.17, 15) is 14.7 Å². The lowest BCUT2D eigenvalue weighted by atomic mass is 9.80. The van der Waals surface area contributed by atoms with Gasteiger partial charge in [0.2, 0.25) is 5.91 Å². The van der Waals surface area contributed by atoms with E-state index >= 15 is 0 Å². The molecule has 0 saturated carbocycles. The summed E-state index contributed by atoms with van der Waals surface area (Å²) in [4.78, 5) is 36.2. The fourth-order valence-corrected chi connectivity index (χ4v) is 6.34. The minimum Gasteiger partial charge on any atom is -0.488 e. The van der Waals surface area contributed by atoms with Crippen molar-refractivity contribution in [2.24, 2.45) is 11.8 Å². The summed E-state index contributed by atoms with van der Waals surface area (Å²) in [5.74, 6) is 1.54. The summed E-state index contributed by atoms with van der Waals surface area (Å²) in [7, 11) is 2.99. The van der Waals surface area contributed by atoms with Crippen LogP contribution in [0.1, 0.15) is 72.3 Å². The number of carbonyl (C=O) groups is 2. The highest BCUT2D eigenvalue weighted by Gasteiger charge is 2.40. The van der Waals surface area contributed by atoms with Gasteiger partial charge in [-0.25, -0.2) is 9.78 Å². The van der Waals surface area contributed by atoms with Crippen molar-refractivity contribution in [2.75, 3.05) is 13.7 Å². The number of aliphatic hydroxyl groups is 1. The third-order valence-electron chi connectivity index (χ3n) is 9.85. The first kappa shape index (κ1) is 32.8. The predicted molar refractivity (Wildman–Crippen MR) is 183 cm³/mol. The fourth-order valence-electron chi connectivity index (χ4n) is 6.34. The van der Waals surface area contributed by atoms with Crippen molar-refractivity contribution in [3.05, 3.63) is 53.9 Å². The summed E-state index contributed by atoms with van der Waals surface area (Å²) in [5.41, 5.74) is 4.01. The standard InChI is InChI=1S/C36H44BN4O6/c1-19(2)30(40-34(43)45-8)33(42)41-17-20(3)13-28(41)32-38-27-12-9-21-15-26-24-11-10-23(37-47-36(6,7)35(4,5)44)14-22(24)18-46-29(26)16-25(21)31(27)39-32/h9-12,14-16,19-20,28,30,44H,13,17-18H2,1-8H3,(H,38,39)(H,40,43)/t20-,28-,30-/m0/s1. The van der Waals surface area contributed by atoms with E-state index in [1.54, 1.807) is 21.3 Å². The number of rotatable bonds is 8. The minimum absolute atomic E-state index is 0.113. The summed E-state index contributed by atoms with van der Waals surface area (Å²) in [6.45, 7) is 14.1. The van der Waals surface area contributed by atoms with Crippen LogP contribution in [-0.2, 0) is 20.8 Å². The quantitative estimate of drug-likeness (QED) is 0.221. The summed E-state index contributed by atoms with van der Waals surface area (Å²) in [6.07, 6.45) is 0.143. The van der Waals surface area contributed by atoms with Gasteiger partial charge >= 0.3 is 13.6 Å². The lowest BCUT2D eigenvalue weighted by Crippen LogP contribution is -2.51. The number of methoxy groups -OCH3 is 1. The van der Waals surface area contributed by atoms with Crippen molar-refractivity contribution < 1.29 is 28.8 Å². The van der Waals surface area contributed by atoms with Crippen molar-refractivity contribution in [3.63, 3.8) is 0 Å². The first-order valence-corrected chi connectivity index (χ1v) is 16.3. The number of nitrogens with one attached hydrogen (secondary N) is 2. The molecule has 247 valence electrons. The SMILES string of the molecule is COC(=O)N[C@H](C(=O)N1C[C@@H](C)C[C@H]1c1nc2c(ccc3cc4c(cc32)OCc2cc([B]OC(C)(C)C(C)(C)O)ccc2-4)[nH]1)C(C)C. The molecule has 2 aliphatic rings. The number of fused-ring (bicyclic) bond motifs is 6. The van der Waals surface area contributed by atoms with E-state index in [-0.39, 0.29) is 23.8 Å². The molecule has 1 radical (unpaired) electrons. The zero-order valence-corrected chi connectivity index (χ0v) is 28.4. The Labute approximate surface area is 276 Å². The summed E-state index contributed by atoms with van der Waals surface area (Å²) in [6, 6.07) is 13.5. The Bertz CT molecular complexity index is 1840. The lowest BCUT2D eigenvalue weighted by molar-refractivity contribution is -0.135. The van der Waals surface area contributed by atoms with E-state index in [1.807, 2.05) is 44.7 Å². The molecule has 3 N–H and O–H groups in total. The first-order chi connectivity index (χ1) is 22.2. The van der Waals surface area contributed by atoms with E-state index < -0.39 is 23.3 Å². The van der Waals surface area contributed by atoms with Crippen LogP contribution in [-0.4, -0.2) is 70.4 Å². The predicted octanol–water partition coefficient (Wildman–Crippen LogP) is 5.38. The number of aromatic nitrogens is 2. The van der Waals surface area contributed by atoms with Crippen LogP contribution >= 0.6 is 0 Å². The Morgan fingerprint density at radius 3 is 2.60 bits per heavy atom. The molecule has 1 aromatic heterocycles. The largest absolute Gasteiger partial charge is 0.488 e. The van der Waals surface area contributed by atoms with Crippen LogP contribution in [0.4, 0.5) is 4.79 Å². The van der Waals surface area contributed by atoms with Crippen LogP contribution in [0.15, 0.2) is 42.5 Å². The highest BCUT2D eigenvalue weighted by molar-refractivity contribution is 6.47. The molecule has 0 bridgehead atoms. The van der Waals surface area contributed by atoms with Crippen molar-refractivity contribution in [2.45, 2.75) is 84.8 Å². The zero-order chi connectivity index (χ0) is 33.8. The van der Waals surface area contributed by atoms with Crippen LogP contribution in [0.3, 0.4) is 0 Å². The van der Waals surface area contributed by atoms with E-state index in [2.05, 4.69) is 47.6 Å². The van der Waals surface area contributed by atoms with Gasteiger partial charge in [-0.3, -0.25) is 4.79 Å². The highest BCUT2D eigenvalue weighted by atomic mass is 16.5. The summed E-state index contributed by atoms with van der Waals surface area (Å²) >= 11 is 0. The number of aromatic amines is 1. The number of alkyl carbamates (subject to hydrolysis) is 1. The molecule has 2 aliphatic heterocycles. The van der Waals surface area contributed by atoms with Crippen LogP contribution in [0.25, 0.3) is 32.9 Å². The Morgan fingerprint density at radius 2 is 1.89 bits per heavy atom. The van der Waals surface area contributed by atoms with Gasteiger partial charge in [0, 0.05) is 17.5 Å². The van der Waals surface area contributed by atoms with Gasteiger partial charge in [0.1, 0.15) is 24.2 Å². The molecule has 4 aromatic rings. The van der Waals surface area contributed by atoms with Crippen LogP contribution in [0.2, 0.25) is 0 Å². The number of H-pyrrole nitrogens is 1. The van der Waals surface area contributed by atoms with Gasteiger partial charge in [-0.2, -0.15) is 0 Å². The third-order valence-corrected chi connectivity index (χ3v) is 9.85. The highest BCUT2D eigenvalue weighted by Crippen LogP contribution is 2.42. The van der Waals surface area contributed by atoms with E-state index in [4.69, 9.17) is 19.1 Å². The lowest BCUT2D eigenvalue weighted by Gasteiger charge is -2.37. The van der Waals surface area contributed by atoms with Crippen molar-refractivity contribution in [3.8, 4) is 16.9 Å². The molecule has 1 saturated heterocycles. The van der Waals surface area contributed by atoms with E-state index in [0.717, 1.165) is 62.0 Å². The molecule has 3 heterocycles. The molecule has 1 fully saturated rings. The number of benzene rings is 3. The van der Waals surface area contributed by atoms with E-state index in [0.29, 0.717) is 13.2 Å². The number of ether oxygens (including phenoxy) is 2. The Hall–Kier alpha value is -4.09. The Morgan fingerprint density at radius 1 is 1.13 bits per heavy atom. The Kier molecular flexibility index (Phi) is 8.51. The molecule has 3 atom stereocenters. The molecule has 11 heteroatoms. The van der Waals surface area contributed by atoms with Gasteiger partial charge in [-0.15, -0.1) is 0 Å². The third kappa shape index (κ3) is 6.18. The average molecular weight is 640 g/mol. The summed E-state index contributed by atoms with van der Waals surface area (Å²) in [5, 5.41) is 15.2. The first-order valence-electron chi connectivity index (χ1n) is 16.3. The number of likely N-dealkylation sites (tertiary alicyclic amines) is 1. The molecular formula is C36H44BN4O6. The molecule has 10 nitrogen and oxygen atoms in total. The van der Waals surface area contributed by atoms with Gasteiger partial charge < -0.3 is 34.4 Å². The number of hydrogen-bond acceptors (Lipinski definition) is 7. The molecule has 47 heavy (non-hydrogen) atoms. The monoisotopic (exact) mass is 639 g/mol. The van der Waals surface area contributed by atoms with Crippen molar-refractivity contribution in [1.29, 1.82) is 0 Å².